The van der Waals surface area contributed by atoms with Crippen LogP contribution < -0.4 is 4.74 Å². The second-order valence-electron chi connectivity index (χ2n) is 3.23. The van der Waals surface area contributed by atoms with Gasteiger partial charge in [-0.2, -0.15) is 0 Å². The Kier molecular flexibility index (Phi) is 3.35. The molecule has 5 heteroatoms. The number of aldehydes is 1. The molecule has 2 aromatic rings. The van der Waals surface area contributed by atoms with E-state index in [2.05, 4.69) is 4.98 Å². The molecule has 0 atom stereocenters. The Bertz CT molecular complexity index is 560. The van der Waals surface area contributed by atoms with Crippen LogP contribution in [0.1, 0.15) is 10.4 Å². The molecule has 1 aromatic carbocycles. The summed E-state index contributed by atoms with van der Waals surface area (Å²) in [7, 11) is 0. The number of benzene rings is 1. The number of aromatic nitrogens is 1. The van der Waals surface area contributed by atoms with Crippen LogP contribution in [0.15, 0.2) is 36.7 Å². The smallest absolute Gasteiger partial charge is 0.184 e. The van der Waals surface area contributed by atoms with Gasteiger partial charge in [0.25, 0.3) is 0 Å². The highest BCUT2D eigenvalue weighted by molar-refractivity contribution is 6.30. The summed E-state index contributed by atoms with van der Waals surface area (Å²) >= 11 is 5.61. The average molecular weight is 252 g/mol. The third-order valence-corrected chi connectivity index (χ3v) is 2.31. The lowest BCUT2D eigenvalue weighted by molar-refractivity contribution is 0.112. The quantitative estimate of drug-likeness (QED) is 0.784. The van der Waals surface area contributed by atoms with Crippen LogP contribution in [0, 0.1) is 5.82 Å². The fraction of sp³-hybridized carbons (Fsp3) is 0. The predicted molar refractivity (Wildman–Crippen MR) is 61.1 cm³/mol. The first kappa shape index (κ1) is 11.5. The van der Waals surface area contributed by atoms with Crippen LogP contribution in [0.5, 0.6) is 11.5 Å². The zero-order valence-electron chi connectivity index (χ0n) is 8.56. The van der Waals surface area contributed by atoms with Gasteiger partial charge in [0, 0.05) is 11.8 Å². The molecule has 17 heavy (non-hydrogen) atoms. The number of pyridine rings is 1. The maximum atomic E-state index is 13.5. The van der Waals surface area contributed by atoms with Gasteiger partial charge in [-0.3, -0.25) is 9.78 Å². The van der Waals surface area contributed by atoms with Crippen molar-refractivity contribution in [1.82, 2.24) is 4.98 Å². The third kappa shape index (κ3) is 2.60. The predicted octanol–water partition coefficient (Wildman–Crippen LogP) is 3.48. The van der Waals surface area contributed by atoms with Crippen molar-refractivity contribution in [2.45, 2.75) is 0 Å². The SMILES string of the molecule is O=Cc1cncc(Oc2cccc(Cl)c2F)c1. The summed E-state index contributed by atoms with van der Waals surface area (Å²) in [4.78, 5) is 14.3. The number of carbonyl (C=O) groups excluding carboxylic acids is 1. The standard InChI is InChI=1S/C12H7ClFNO2/c13-10-2-1-3-11(12(10)14)17-9-4-8(7-16)5-15-6-9/h1-7H. The molecule has 1 heterocycles. The molecule has 2 rings (SSSR count). The first-order chi connectivity index (χ1) is 8.20. The van der Waals surface area contributed by atoms with Crippen molar-refractivity contribution in [2.24, 2.45) is 0 Å². The maximum Gasteiger partial charge on any atom is 0.184 e. The van der Waals surface area contributed by atoms with Crippen LogP contribution in [0.25, 0.3) is 0 Å². The number of nitrogens with zero attached hydrogens (tertiary/aromatic N) is 1. The largest absolute Gasteiger partial charge is 0.453 e. The molecule has 86 valence electrons. The molecule has 0 aliphatic carbocycles. The molecule has 0 saturated carbocycles. The molecular weight excluding hydrogens is 245 g/mol. The molecule has 0 fully saturated rings. The van der Waals surface area contributed by atoms with Crippen LogP contribution in [-0.4, -0.2) is 11.3 Å². The Balaban J connectivity index is 2.31. The Morgan fingerprint density at radius 1 is 1.35 bits per heavy atom. The normalized spacial score (nSPS) is 10.0. The average Bonchev–Trinajstić information content (AvgIpc) is 2.35. The van der Waals surface area contributed by atoms with Gasteiger partial charge in [-0.05, 0) is 18.2 Å². The molecule has 3 nitrogen and oxygen atoms in total. The van der Waals surface area contributed by atoms with Gasteiger partial charge in [0.2, 0.25) is 0 Å². The van der Waals surface area contributed by atoms with Crippen LogP contribution in [0.4, 0.5) is 4.39 Å². The first-order valence-electron chi connectivity index (χ1n) is 4.73. The number of hydrogen-bond donors (Lipinski definition) is 0. The summed E-state index contributed by atoms with van der Waals surface area (Å²) in [6.45, 7) is 0. The van der Waals surface area contributed by atoms with Gasteiger partial charge in [-0.1, -0.05) is 17.7 Å². The van der Waals surface area contributed by atoms with Crippen molar-refractivity contribution in [3.63, 3.8) is 0 Å². The van der Waals surface area contributed by atoms with Gasteiger partial charge in [0.05, 0.1) is 11.2 Å². The van der Waals surface area contributed by atoms with Crippen LogP contribution >= 0.6 is 11.6 Å². The molecule has 0 N–H and O–H groups in total. The number of rotatable bonds is 3. The van der Waals surface area contributed by atoms with Crippen molar-refractivity contribution in [2.75, 3.05) is 0 Å². The molecule has 0 radical (unpaired) electrons. The van der Waals surface area contributed by atoms with Crippen molar-refractivity contribution >= 4 is 17.9 Å². The van der Waals surface area contributed by atoms with E-state index in [4.69, 9.17) is 16.3 Å². The van der Waals surface area contributed by atoms with E-state index in [1.54, 1.807) is 6.07 Å². The lowest BCUT2D eigenvalue weighted by atomic mass is 10.3. The lowest BCUT2D eigenvalue weighted by Gasteiger charge is -2.07. The van der Waals surface area contributed by atoms with Crippen LogP contribution in [-0.2, 0) is 0 Å². The van der Waals surface area contributed by atoms with Crippen LogP contribution in [0.3, 0.4) is 0 Å². The second kappa shape index (κ2) is 4.93. The second-order valence-corrected chi connectivity index (χ2v) is 3.63. The highest BCUT2D eigenvalue weighted by Crippen LogP contribution is 2.28. The Hall–Kier alpha value is -1.94. The molecule has 0 spiro atoms. The fourth-order valence-electron chi connectivity index (χ4n) is 1.25. The molecule has 0 amide bonds. The van der Waals surface area contributed by atoms with Gasteiger partial charge < -0.3 is 4.74 Å². The van der Waals surface area contributed by atoms with Gasteiger partial charge >= 0.3 is 0 Å². The number of hydrogen-bond acceptors (Lipinski definition) is 3. The van der Waals surface area contributed by atoms with Gasteiger partial charge in [-0.25, -0.2) is 4.39 Å². The molecule has 0 aliphatic heterocycles. The van der Waals surface area contributed by atoms with Crippen molar-refractivity contribution in [3.8, 4) is 11.5 Å². The van der Waals surface area contributed by atoms with Crippen LogP contribution in [0.2, 0.25) is 5.02 Å². The molecule has 0 saturated heterocycles. The third-order valence-electron chi connectivity index (χ3n) is 2.01. The highest BCUT2D eigenvalue weighted by Gasteiger charge is 2.08. The summed E-state index contributed by atoms with van der Waals surface area (Å²) in [6, 6.07) is 5.89. The Morgan fingerprint density at radius 2 is 2.18 bits per heavy atom. The van der Waals surface area contributed by atoms with Crippen molar-refractivity contribution in [3.05, 3.63) is 53.1 Å². The number of carbonyl (C=O) groups is 1. The Morgan fingerprint density at radius 3 is 2.94 bits per heavy atom. The van der Waals surface area contributed by atoms with Crippen molar-refractivity contribution < 1.29 is 13.9 Å². The summed E-state index contributed by atoms with van der Waals surface area (Å²) in [5.41, 5.74) is 0.352. The maximum absolute atomic E-state index is 13.5. The lowest BCUT2D eigenvalue weighted by Crippen LogP contribution is -1.91. The van der Waals surface area contributed by atoms with Gasteiger partial charge in [-0.15, -0.1) is 0 Å². The fourth-order valence-corrected chi connectivity index (χ4v) is 1.41. The molecule has 0 aliphatic rings. The van der Waals surface area contributed by atoms with E-state index in [1.807, 2.05) is 0 Å². The minimum absolute atomic E-state index is 0.0117. The first-order valence-corrected chi connectivity index (χ1v) is 5.10. The number of halogens is 2. The minimum atomic E-state index is -0.648. The molecular formula is C12H7ClFNO2. The molecule has 0 unspecified atom stereocenters. The van der Waals surface area contributed by atoms with E-state index < -0.39 is 5.82 Å². The molecule has 0 bridgehead atoms. The summed E-state index contributed by atoms with van der Waals surface area (Å²) in [5.74, 6) is -0.385. The summed E-state index contributed by atoms with van der Waals surface area (Å²) in [5, 5.41) is -0.0259. The van der Waals surface area contributed by atoms with E-state index in [1.165, 1.54) is 30.6 Å². The van der Waals surface area contributed by atoms with E-state index in [9.17, 15) is 9.18 Å². The summed E-state index contributed by atoms with van der Waals surface area (Å²) in [6.07, 6.45) is 3.40. The van der Waals surface area contributed by atoms with Gasteiger partial charge in [0.15, 0.2) is 17.9 Å². The van der Waals surface area contributed by atoms with E-state index >= 15 is 0 Å². The monoisotopic (exact) mass is 251 g/mol. The van der Waals surface area contributed by atoms with E-state index in [0.717, 1.165) is 0 Å². The Labute approximate surface area is 102 Å². The number of ether oxygens (including phenoxy) is 1. The summed E-state index contributed by atoms with van der Waals surface area (Å²) < 4.78 is 18.8. The topological polar surface area (TPSA) is 39.2 Å². The minimum Gasteiger partial charge on any atom is -0.453 e. The van der Waals surface area contributed by atoms with E-state index in [-0.39, 0.29) is 16.5 Å². The van der Waals surface area contributed by atoms with E-state index in [0.29, 0.717) is 11.8 Å². The molecule has 1 aromatic heterocycles. The van der Waals surface area contributed by atoms with Crippen molar-refractivity contribution in [1.29, 1.82) is 0 Å². The zero-order valence-corrected chi connectivity index (χ0v) is 9.32. The zero-order chi connectivity index (χ0) is 12.3. The highest BCUT2D eigenvalue weighted by atomic mass is 35.5. The van der Waals surface area contributed by atoms with Gasteiger partial charge in [0.1, 0.15) is 5.75 Å².